The fraction of sp³-hybridized carbons (Fsp3) is 0.533. The molecule has 0 saturated carbocycles. The zero-order valence-corrected chi connectivity index (χ0v) is 14.0. The van der Waals surface area contributed by atoms with E-state index in [0.29, 0.717) is 19.5 Å². The van der Waals surface area contributed by atoms with Gasteiger partial charge >= 0.3 is 0 Å². The van der Waals surface area contributed by atoms with E-state index in [0.717, 1.165) is 25.2 Å². The minimum Gasteiger partial charge on any atom is -0.367 e. The Labute approximate surface area is 140 Å². The van der Waals surface area contributed by atoms with Crippen molar-refractivity contribution in [3.05, 3.63) is 24.0 Å². The second kappa shape index (κ2) is 6.76. The number of carbonyl (C=O) groups excluding carboxylic acids is 2. The van der Waals surface area contributed by atoms with E-state index in [9.17, 15) is 18.0 Å². The molecule has 130 valence electrons. The molecule has 2 aliphatic rings. The molecule has 3 rings (SSSR count). The number of rotatable bonds is 4. The lowest BCUT2D eigenvalue weighted by Crippen LogP contribution is -2.45. The Hall–Kier alpha value is -2.16. The van der Waals surface area contributed by atoms with Gasteiger partial charge in [-0.05, 0) is 18.6 Å². The highest BCUT2D eigenvalue weighted by Crippen LogP contribution is 2.16. The van der Waals surface area contributed by atoms with Crippen LogP contribution >= 0.6 is 0 Å². The van der Waals surface area contributed by atoms with Gasteiger partial charge in [-0.25, -0.2) is 13.4 Å². The lowest BCUT2D eigenvalue weighted by Gasteiger charge is -2.33. The normalized spacial score (nSPS) is 23.1. The van der Waals surface area contributed by atoms with E-state index in [2.05, 4.69) is 15.2 Å². The predicted molar refractivity (Wildman–Crippen MR) is 88.6 cm³/mol. The summed E-state index contributed by atoms with van der Waals surface area (Å²) in [6, 6.07) is 3.13. The largest absolute Gasteiger partial charge is 0.367 e. The second-order valence-electron chi connectivity index (χ2n) is 6.10. The molecule has 0 aromatic carbocycles. The summed E-state index contributed by atoms with van der Waals surface area (Å²) in [5.74, 6) is -0.232. The van der Waals surface area contributed by atoms with Crippen molar-refractivity contribution < 1.29 is 18.0 Å². The molecule has 24 heavy (non-hydrogen) atoms. The molecule has 3 heterocycles. The first-order valence-corrected chi connectivity index (χ1v) is 9.70. The highest BCUT2D eigenvalue weighted by Gasteiger charge is 2.29. The van der Waals surface area contributed by atoms with E-state index >= 15 is 0 Å². The first-order chi connectivity index (χ1) is 11.5. The molecular weight excluding hydrogens is 332 g/mol. The summed E-state index contributed by atoms with van der Waals surface area (Å²) in [7, 11) is -3.02. The van der Waals surface area contributed by atoms with Crippen molar-refractivity contribution in [2.75, 3.05) is 42.6 Å². The molecule has 2 saturated heterocycles. The van der Waals surface area contributed by atoms with Crippen LogP contribution in [-0.4, -0.2) is 74.3 Å². The van der Waals surface area contributed by atoms with Gasteiger partial charge in [-0.3, -0.25) is 9.59 Å². The smallest absolute Gasteiger partial charge is 0.270 e. The average molecular weight is 352 g/mol. The number of piperazine rings is 1. The molecular formula is C15H20N4O4S. The van der Waals surface area contributed by atoms with Gasteiger partial charge in [0, 0.05) is 32.2 Å². The lowest BCUT2D eigenvalue weighted by atomic mass is 10.2. The van der Waals surface area contributed by atoms with Crippen molar-refractivity contribution in [3.63, 3.8) is 0 Å². The number of hydrogen-bond acceptors (Lipinski definition) is 6. The van der Waals surface area contributed by atoms with Crippen molar-refractivity contribution in [1.82, 2.24) is 15.2 Å². The zero-order valence-electron chi connectivity index (χ0n) is 13.2. The van der Waals surface area contributed by atoms with E-state index < -0.39 is 9.84 Å². The van der Waals surface area contributed by atoms with E-state index in [1.54, 1.807) is 17.2 Å². The van der Waals surface area contributed by atoms with Gasteiger partial charge in [0.2, 0.25) is 6.41 Å². The molecule has 1 aromatic heterocycles. The zero-order chi connectivity index (χ0) is 17.2. The first-order valence-electron chi connectivity index (χ1n) is 7.88. The lowest BCUT2D eigenvalue weighted by molar-refractivity contribution is -0.118. The van der Waals surface area contributed by atoms with Gasteiger partial charge in [-0.1, -0.05) is 0 Å². The van der Waals surface area contributed by atoms with Gasteiger partial charge in [0.25, 0.3) is 5.91 Å². The van der Waals surface area contributed by atoms with Crippen LogP contribution in [0, 0.1) is 0 Å². The second-order valence-corrected chi connectivity index (χ2v) is 8.33. The summed E-state index contributed by atoms with van der Waals surface area (Å²) >= 11 is 0. The molecule has 0 bridgehead atoms. The maximum Gasteiger partial charge on any atom is 0.270 e. The number of sulfone groups is 1. The van der Waals surface area contributed by atoms with Crippen LogP contribution in [0.4, 0.5) is 5.69 Å². The Kier molecular flexibility index (Phi) is 4.70. The van der Waals surface area contributed by atoms with Crippen molar-refractivity contribution in [2.24, 2.45) is 0 Å². The van der Waals surface area contributed by atoms with E-state index in [4.69, 9.17) is 0 Å². The Bertz CT molecular complexity index is 711. The van der Waals surface area contributed by atoms with Gasteiger partial charge in [0.05, 0.1) is 23.4 Å². The fourth-order valence-electron chi connectivity index (χ4n) is 2.96. The quantitative estimate of drug-likeness (QED) is 0.718. The topological polar surface area (TPSA) is 99.7 Å². The molecule has 1 unspecified atom stereocenters. The summed E-state index contributed by atoms with van der Waals surface area (Å²) in [5.41, 5.74) is 1.18. The van der Waals surface area contributed by atoms with E-state index in [1.165, 1.54) is 0 Å². The Balaban J connectivity index is 1.58. The molecule has 0 spiro atoms. The molecule has 1 N–H and O–H groups in total. The minimum atomic E-state index is -3.02. The Morgan fingerprint density at radius 2 is 2.00 bits per heavy atom. The first kappa shape index (κ1) is 16.7. The van der Waals surface area contributed by atoms with Crippen LogP contribution in [0.5, 0.6) is 0 Å². The van der Waals surface area contributed by atoms with Crippen molar-refractivity contribution in [2.45, 2.75) is 12.5 Å². The average Bonchev–Trinajstić information content (AvgIpc) is 2.93. The highest BCUT2D eigenvalue weighted by molar-refractivity contribution is 7.91. The Morgan fingerprint density at radius 3 is 2.54 bits per heavy atom. The Morgan fingerprint density at radius 1 is 1.25 bits per heavy atom. The third-order valence-electron chi connectivity index (χ3n) is 4.38. The molecule has 1 atom stereocenters. The SMILES string of the molecule is O=CN1CCN(c2ccc(C(=O)NC3CCS(=O)(=O)C3)nc2)CC1. The molecule has 2 fully saturated rings. The minimum absolute atomic E-state index is 0.00215. The summed E-state index contributed by atoms with van der Waals surface area (Å²) in [4.78, 5) is 30.9. The summed E-state index contributed by atoms with van der Waals surface area (Å²) < 4.78 is 22.9. The van der Waals surface area contributed by atoms with Crippen LogP contribution in [0.1, 0.15) is 16.9 Å². The van der Waals surface area contributed by atoms with Gasteiger partial charge in [0.1, 0.15) is 5.69 Å². The van der Waals surface area contributed by atoms with Crippen molar-refractivity contribution in [3.8, 4) is 0 Å². The fourth-order valence-corrected chi connectivity index (χ4v) is 4.63. The van der Waals surface area contributed by atoms with Gasteiger partial charge in [-0.15, -0.1) is 0 Å². The van der Waals surface area contributed by atoms with Crippen LogP contribution in [0.25, 0.3) is 0 Å². The molecule has 8 nitrogen and oxygen atoms in total. The molecule has 2 aliphatic heterocycles. The van der Waals surface area contributed by atoms with Crippen LogP contribution in [0.15, 0.2) is 18.3 Å². The number of aromatic nitrogens is 1. The number of pyridine rings is 1. The standard InChI is InChI=1S/C15H20N4O4S/c20-11-18-4-6-19(7-5-18)13-1-2-14(16-9-13)15(21)17-12-3-8-24(22,23)10-12/h1-2,9,11-12H,3-8,10H2,(H,17,21). The van der Waals surface area contributed by atoms with Crippen molar-refractivity contribution >= 4 is 27.8 Å². The predicted octanol–water partition coefficient (Wildman–Crippen LogP) is -0.723. The van der Waals surface area contributed by atoms with Crippen LogP contribution in [0.3, 0.4) is 0 Å². The number of nitrogens with one attached hydrogen (secondary N) is 1. The third kappa shape index (κ3) is 3.84. The maximum atomic E-state index is 12.2. The van der Waals surface area contributed by atoms with Gasteiger partial charge in [-0.2, -0.15) is 0 Å². The molecule has 2 amide bonds. The van der Waals surface area contributed by atoms with Crippen LogP contribution in [-0.2, 0) is 14.6 Å². The third-order valence-corrected chi connectivity index (χ3v) is 6.14. The summed E-state index contributed by atoms with van der Waals surface area (Å²) in [5, 5.41) is 2.72. The molecule has 9 heteroatoms. The van der Waals surface area contributed by atoms with Crippen LogP contribution in [0.2, 0.25) is 0 Å². The summed E-state index contributed by atoms with van der Waals surface area (Å²) in [6.07, 6.45) is 2.94. The maximum absolute atomic E-state index is 12.2. The van der Waals surface area contributed by atoms with E-state index in [-0.39, 0.29) is 29.1 Å². The highest BCUT2D eigenvalue weighted by atomic mass is 32.2. The number of amides is 2. The number of nitrogens with zero attached hydrogens (tertiary/aromatic N) is 3. The number of anilines is 1. The molecule has 0 radical (unpaired) electrons. The van der Waals surface area contributed by atoms with Crippen molar-refractivity contribution in [1.29, 1.82) is 0 Å². The van der Waals surface area contributed by atoms with Crippen LogP contribution < -0.4 is 10.2 Å². The molecule has 1 aromatic rings. The molecule has 0 aliphatic carbocycles. The number of hydrogen-bond donors (Lipinski definition) is 1. The number of carbonyl (C=O) groups is 2. The van der Waals surface area contributed by atoms with Gasteiger partial charge in [0.15, 0.2) is 9.84 Å². The van der Waals surface area contributed by atoms with Gasteiger partial charge < -0.3 is 15.1 Å². The summed E-state index contributed by atoms with van der Waals surface area (Å²) in [6.45, 7) is 2.79. The van der Waals surface area contributed by atoms with E-state index in [1.807, 2.05) is 6.07 Å². The monoisotopic (exact) mass is 352 g/mol.